The molecule has 19 heavy (non-hydrogen) atoms. The molecule has 0 aliphatic carbocycles. The van der Waals surface area contributed by atoms with E-state index in [0.717, 1.165) is 0 Å². The van der Waals surface area contributed by atoms with Crippen LogP contribution in [0, 0.1) is 5.92 Å². The minimum Gasteiger partial charge on any atom is -0.390 e. The quantitative estimate of drug-likeness (QED) is 0.708. The molecule has 1 unspecified atom stereocenters. The number of hydrogen-bond donors (Lipinski definition) is 3. The zero-order chi connectivity index (χ0) is 14.4. The highest BCUT2D eigenvalue weighted by atomic mass is 35.5. The molecule has 0 heterocycles. The van der Waals surface area contributed by atoms with Crippen molar-refractivity contribution < 1.29 is 9.90 Å². The molecule has 0 saturated carbocycles. The topological polar surface area (TPSA) is 61.4 Å². The molecule has 0 radical (unpaired) electrons. The van der Waals surface area contributed by atoms with E-state index in [1.165, 1.54) is 0 Å². The molecular weight excluding hydrogens is 287 g/mol. The summed E-state index contributed by atoms with van der Waals surface area (Å²) < 4.78 is 0. The molecule has 0 saturated heterocycles. The van der Waals surface area contributed by atoms with Crippen molar-refractivity contribution in [3.8, 4) is 0 Å². The monoisotopic (exact) mass is 304 g/mol. The third kappa shape index (κ3) is 5.27. The van der Waals surface area contributed by atoms with Crippen molar-refractivity contribution in [2.75, 3.05) is 23.1 Å². The SMILES string of the molecule is CC(C)C(=O)Nc1ccc(Cl)cc1NCC(O)CCl. The maximum Gasteiger partial charge on any atom is 0.226 e. The Labute approximate surface area is 123 Å². The smallest absolute Gasteiger partial charge is 0.226 e. The molecule has 4 nitrogen and oxygen atoms in total. The lowest BCUT2D eigenvalue weighted by Gasteiger charge is -2.16. The van der Waals surface area contributed by atoms with E-state index in [1.807, 2.05) is 13.8 Å². The van der Waals surface area contributed by atoms with Gasteiger partial charge in [-0.05, 0) is 18.2 Å². The maximum atomic E-state index is 11.7. The second kappa shape index (κ2) is 7.58. The molecule has 0 aliphatic rings. The van der Waals surface area contributed by atoms with Gasteiger partial charge in [0.2, 0.25) is 5.91 Å². The first-order valence-corrected chi connectivity index (χ1v) is 6.93. The summed E-state index contributed by atoms with van der Waals surface area (Å²) in [5.41, 5.74) is 1.29. The normalized spacial score (nSPS) is 12.3. The van der Waals surface area contributed by atoms with E-state index in [0.29, 0.717) is 16.4 Å². The Kier molecular flexibility index (Phi) is 6.42. The number of hydrogen-bond acceptors (Lipinski definition) is 3. The summed E-state index contributed by atoms with van der Waals surface area (Å²) in [6.07, 6.45) is -0.658. The van der Waals surface area contributed by atoms with Crippen LogP contribution in [-0.2, 0) is 4.79 Å². The van der Waals surface area contributed by atoms with Gasteiger partial charge < -0.3 is 15.7 Å². The molecule has 3 N–H and O–H groups in total. The van der Waals surface area contributed by atoms with Crippen LogP contribution >= 0.6 is 23.2 Å². The predicted molar refractivity (Wildman–Crippen MR) is 80.1 cm³/mol. The van der Waals surface area contributed by atoms with Gasteiger partial charge in [0.05, 0.1) is 23.4 Å². The minimum atomic E-state index is -0.658. The Morgan fingerprint density at radius 3 is 2.63 bits per heavy atom. The first-order valence-electron chi connectivity index (χ1n) is 6.02. The highest BCUT2D eigenvalue weighted by molar-refractivity contribution is 6.31. The molecule has 1 aromatic carbocycles. The van der Waals surface area contributed by atoms with Gasteiger partial charge in [-0.1, -0.05) is 25.4 Å². The number of amides is 1. The highest BCUT2D eigenvalue weighted by Crippen LogP contribution is 2.26. The number of anilines is 2. The minimum absolute atomic E-state index is 0.0803. The van der Waals surface area contributed by atoms with Gasteiger partial charge in [0.15, 0.2) is 0 Å². The van der Waals surface area contributed by atoms with Crippen LogP contribution in [0.4, 0.5) is 11.4 Å². The molecule has 1 aromatic rings. The molecule has 0 spiro atoms. The van der Waals surface area contributed by atoms with E-state index < -0.39 is 6.10 Å². The van der Waals surface area contributed by atoms with E-state index in [-0.39, 0.29) is 24.2 Å². The zero-order valence-electron chi connectivity index (χ0n) is 10.9. The molecule has 0 fully saturated rings. The van der Waals surface area contributed by atoms with E-state index in [1.54, 1.807) is 18.2 Å². The molecule has 0 aliphatic heterocycles. The third-order valence-corrected chi connectivity index (χ3v) is 3.06. The summed E-state index contributed by atoms with van der Waals surface area (Å²) in [4.78, 5) is 11.7. The molecule has 1 atom stereocenters. The van der Waals surface area contributed by atoms with E-state index in [2.05, 4.69) is 10.6 Å². The predicted octanol–water partition coefficient (Wildman–Crippen LogP) is 2.95. The summed E-state index contributed by atoms with van der Waals surface area (Å²) in [5.74, 6) is -0.0541. The summed E-state index contributed by atoms with van der Waals surface area (Å²) in [5, 5.41) is 15.8. The summed E-state index contributed by atoms with van der Waals surface area (Å²) in [7, 11) is 0. The molecule has 1 rings (SSSR count). The van der Waals surface area contributed by atoms with Crippen molar-refractivity contribution in [1.82, 2.24) is 0 Å². The van der Waals surface area contributed by atoms with Crippen LogP contribution in [0.1, 0.15) is 13.8 Å². The first kappa shape index (κ1) is 16.1. The van der Waals surface area contributed by atoms with Crippen molar-refractivity contribution in [1.29, 1.82) is 0 Å². The van der Waals surface area contributed by atoms with Crippen molar-refractivity contribution in [3.05, 3.63) is 23.2 Å². The fraction of sp³-hybridized carbons (Fsp3) is 0.462. The fourth-order valence-corrected chi connectivity index (χ4v) is 1.61. The maximum absolute atomic E-state index is 11.7. The van der Waals surface area contributed by atoms with Gasteiger partial charge in [0.25, 0.3) is 0 Å². The van der Waals surface area contributed by atoms with Gasteiger partial charge in [-0.15, -0.1) is 11.6 Å². The van der Waals surface area contributed by atoms with Gasteiger partial charge in [-0.25, -0.2) is 0 Å². The fourth-order valence-electron chi connectivity index (χ4n) is 1.33. The van der Waals surface area contributed by atoms with Crippen LogP contribution in [0.15, 0.2) is 18.2 Å². The number of carbonyl (C=O) groups excluding carboxylic acids is 1. The zero-order valence-corrected chi connectivity index (χ0v) is 12.4. The number of aliphatic hydroxyl groups excluding tert-OH is 1. The Bertz CT molecular complexity index is 439. The summed E-state index contributed by atoms with van der Waals surface area (Å²) >= 11 is 11.5. The molecule has 0 bridgehead atoms. The lowest BCUT2D eigenvalue weighted by molar-refractivity contribution is -0.118. The molecular formula is C13H18Cl2N2O2. The average Bonchev–Trinajstić information content (AvgIpc) is 2.38. The standard InChI is InChI=1S/C13H18Cl2N2O2/c1-8(2)13(19)17-11-4-3-9(15)5-12(11)16-7-10(18)6-14/h3-5,8,10,16,18H,6-7H2,1-2H3,(H,17,19). The van der Waals surface area contributed by atoms with Gasteiger partial charge >= 0.3 is 0 Å². The number of rotatable bonds is 6. The van der Waals surface area contributed by atoms with Crippen molar-refractivity contribution >= 4 is 40.5 Å². The Morgan fingerprint density at radius 2 is 2.05 bits per heavy atom. The molecule has 0 aromatic heterocycles. The number of aliphatic hydroxyl groups is 1. The largest absolute Gasteiger partial charge is 0.390 e. The van der Waals surface area contributed by atoms with E-state index >= 15 is 0 Å². The molecule has 1 amide bonds. The van der Waals surface area contributed by atoms with Gasteiger partial charge in [-0.2, -0.15) is 0 Å². The van der Waals surface area contributed by atoms with Gasteiger partial charge in [0.1, 0.15) is 0 Å². The number of alkyl halides is 1. The van der Waals surface area contributed by atoms with Crippen molar-refractivity contribution in [3.63, 3.8) is 0 Å². The van der Waals surface area contributed by atoms with Gasteiger partial charge in [-0.3, -0.25) is 4.79 Å². The van der Waals surface area contributed by atoms with Gasteiger partial charge in [0, 0.05) is 17.5 Å². The second-order valence-electron chi connectivity index (χ2n) is 4.52. The first-order chi connectivity index (χ1) is 8.93. The number of nitrogens with one attached hydrogen (secondary N) is 2. The summed E-state index contributed by atoms with van der Waals surface area (Å²) in [6.45, 7) is 3.92. The highest BCUT2D eigenvalue weighted by Gasteiger charge is 2.11. The van der Waals surface area contributed by atoms with Crippen LogP contribution in [0.2, 0.25) is 5.02 Å². The Morgan fingerprint density at radius 1 is 1.37 bits per heavy atom. The number of halogens is 2. The average molecular weight is 305 g/mol. The van der Waals surface area contributed by atoms with Crippen molar-refractivity contribution in [2.24, 2.45) is 5.92 Å². The van der Waals surface area contributed by atoms with Crippen LogP contribution < -0.4 is 10.6 Å². The number of benzene rings is 1. The lowest BCUT2D eigenvalue weighted by atomic mass is 10.2. The summed E-state index contributed by atoms with van der Waals surface area (Å²) in [6, 6.07) is 5.11. The molecule has 6 heteroatoms. The second-order valence-corrected chi connectivity index (χ2v) is 5.27. The van der Waals surface area contributed by atoms with E-state index in [4.69, 9.17) is 23.2 Å². The Hall–Kier alpha value is -0.970. The third-order valence-electron chi connectivity index (χ3n) is 2.47. The van der Waals surface area contributed by atoms with E-state index in [9.17, 15) is 9.90 Å². The number of carbonyl (C=O) groups is 1. The van der Waals surface area contributed by atoms with Crippen LogP contribution in [0.5, 0.6) is 0 Å². The van der Waals surface area contributed by atoms with Crippen LogP contribution in [0.3, 0.4) is 0 Å². The van der Waals surface area contributed by atoms with Crippen LogP contribution in [0.25, 0.3) is 0 Å². The molecule has 106 valence electrons. The van der Waals surface area contributed by atoms with Crippen molar-refractivity contribution in [2.45, 2.75) is 20.0 Å². The Balaban J connectivity index is 2.82. The van der Waals surface area contributed by atoms with Crippen LogP contribution in [-0.4, -0.2) is 29.5 Å². The lowest BCUT2D eigenvalue weighted by Crippen LogP contribution is -2.23.